The minimum atomic E-state index is -0.205. The Morgan fingerprint density at radius 2 is 1.62 bits per heavy atom. The summed E-state index contributed by atoms with van der Waals surface area (Å²) in [5, 5.41) is 7.69. The van der Waals surface area contributed by atoms with Crippen LogP contribution < -0.4 is 14.8 Å². The molecular weight excluding hydrogens is 404 g/mol. The van der Waals surface area contributed by atoms with E-state index in [0.29, 0.717) is 24.4 Å². The van der Waals surface area contributed by atoms with Crippen molar-refractivity contribution in [3.63, 3.8) is 0 Å². The Bertz CT molecular complexity index is 1170. The zero-order valence-corrected chi connectivity index (χ0v) is 18.0. The van der Waals surface area contributed by atoms with Crippen LogP contribution in [0.3, 0.4) is 0 Å². The second-order valence-corrected chi connectivity index (χ2v) is 7.08. The molecule has 2 aromatic carbocycles. The SMILES string of the molecule is COc1ccc(-c2cc(C(=O)NCCc3ccccn3)n(-c3ccc(OC)cc3)n2)cc1. The zero-order valence-electron chi connectivity index (χ0n) is 18.0. The summed E-state index contributed by atoms with van der Waals surface area (Å²) in [6, 6.07) is 22.5. The fraction of sp³-hybridized carbons (Fsp3) is 0.160. The van der Waals surface area contributed by atoms with Crippen LogP contribution in [0.25, 0.3) is 16.9 Å². The van der Waals surface area contributed by atoms with Gasteiger partial charge in [-0.1, -0.05) is 6.07 Å². The van der Waals surface area contributed by atoms with Crippen molar-refractivity contribution in [3.05, 3.63) is 90.4 Å². The van der Waals surface area contributed by atoms with Gasteiger partial charge in [-0.2, -0.15) is 5.10 Å². The lowest BCUT2D eigenvalue weighted by Crippen LogP contribution is -2.28. The summed E-state index contributed by atoms with van der Waals surface area (Å²) in [6.07, 6.45) is 2.39. The third kappa shape index (κ3) is 4.78. The zero-order chi connectivity index (χ0) is 22.3. The molecule has 0 spiro atoms. The molecule has 2 aromatic heterocycles. The van der Waals surface area contributed by atoms with Crippen molar-refractivity contribution in [2.45, 2.75) is 6.42 Å². The molecule has 0 radical (unpaired) electrons. The maximum absolute atomic E-state index is 13.1. The molecule has 0 saturated carbocycles. The molecular formula is C25H24N4O3. The molecule has 1 amide bonds. The van der Waals surface area contributed by atoms with Crippen LogP contribution in [-0.4, -0.2) is 41.4 Å². The second-order valence-electron chi connectivity index (χ2n) is 7.08. The Labute approximate surface area is 186 Å². The van der Waals surface area contributed by atoms with Crippen LogP contribution in [-0.2, 0) is 6.42 Å². The summed E-state index contributed by atoms with van der Waals surface area (Å²) in [7, 11) is 3.24. The van der Waals surface area contributed by atoms with Gasteiger partial charge in [0.2, 0.25) is 0 Å². The minimum Gasteiger partial charge on any atom is -0.497 e. The van der Waals surface area contributed by atoms with Crippen LogP contribution in [0.5, 0.6) is 11.5 Å². The number of ether oxygens (including phenoxy) is 2. The third-order valence-electron chi connectivity index (χ3n) is 5.04. The van der Waals surface area contributed by atoms with E-state index in [2.05, 4.69) is 10.3 Å². The highest BCUT2D eigenvalue weighted by atomic mass is 16.5. The van der Waals surface area contributed by atoms with E-state index in [1.54, 1.807) is 31.2 Å². The van der Waals surface area contributed by atoms with Gasteiger partial charge in [0.15, 0.2) is 0 Å². The molecule has 162 valence electrons. The van der Waals surface area contributed by atoms with Crippen molar-refractivity contribution in [3.8, 4) is 28.4 Å². The number of carbonyl (C=O) groups is 1. The maximum atomic E-state index is 13.1. The summed E-state index contributed by atoms with van der Waals surface area (Å²) in [5.74, 6) is 1.29. The third-order valence-corrected chi connectivity index (χ3v) is 5.04. The highest BCUT2D eigenvalue weighted by Gasteiger charge is 2.18. The molecule has 0 unspecified atom stereocenters. The van der Waals surface area contributed by atoms with Gasteiger partial charge in [0.05, 0.1) is 25.6 Å². The highest BCUT2D eigenvalue weighted by Crippen LogP contribution is 2.25. The van der Waals surface area contributed by atoms with E-state index in [1.807, 2.05) is 66.7 Å². The summed E-state index contributed by atoms with van der Waals surface area (Å²) < 4.78 is 12.1. The van der Waals surface area contributed by atoms with Crippen molar-refractivity contribution in [1.82, 2.24) is 20.1 Å². The number of methoxy groups -OCH3 is 2. The Morgan fingerprint density at radius 1 is 0.938 bits per heavy atom. The summed E-state index contributed by atoms with van der Waals surface area (Å²) in [5.41, 5.74) is 3.72. The first-order valence-electron chi connectivity index (χ1n) is 10.2. The van der Waals surface area contributed by atoms with Gasteiger partial charge in [-0.05, 0) is 66.7 Å². The van der Waals surface area contributed by atoms with Crippen LogP contribution in [0.15, 0.2) is 79.0 Å². The second kappa shape index (κ2) is 9.78. The van der Waals surface area contributed by atoms with Gasteiger partial charge in [-0.25, -0.2) is 4.68 Å². The van der Waals surface area contributed by atoms with Gasteiger partial charge in [-0.15, -0.1) is 0 Å². The van der Waals surface area contributed by atoms with Gasteiger partial charge < -0.3 is 14.8 Å². The number of pyridine rings is 1. The molecule has 4 rings (SSSR count). The highest BCUT2D eigenvalue weighted by molar-refractivity contribution is 5.94. The van der Waals surface area contributed by atoms with Crippen molar-refractivity contribution >= 4 is 5.91 Å². The van der Waals surface area contributed by atoms with E-state index in [1.165, 1.54) is 0 Å². The van der Waals surface area contributed by atoms with E-state index in [4.69, 9.17) is 14.6 Å². The number of hydrogen-bond donors (Lipinski definition) is 1. The fourth-order valence-electron chi connectivity index (χ4n) is 3.31. The molecule has 0 bridgehead atoms. The number of nitrogens with one attached hydrogen (secondary N) is 1. The van der Waals surface area contributed by atoms with Crippen molar-refractivity contribution in [1.29, 1.82) is 0 Å². The number of amides is 1. The summed E-state index contributed by atoms with van der Waals surface area (Å²) >= 11 is 0. The Hall–Kier alpha value is -4.13. The number of hydrogen-bond acceptors (Lipinski definition) is 5. The number of carbonyl (C=O) groups excluding carboxylic acids is 1. The summed E-state index contributed by atoms with van der Waals surface area (Å²) in [4.78, 5) is 17.4. The van der Waals surface area contributed by atoms with E-state index < -0.39 is 0 Å². The smallest absolute Gasteiger partial charge is 0.270 e. The fourth-order valence-corrected chi connectivity index (χ4v) is 3.31. The predicted molar refractivity (Wildman–Crippen MR) is 122 cm³/mol. The standard InChI is InChI=1S/C25H24N4O3/c1-31-21-10-6-18(7-11-21)23-17-24(25(30)27-16-14-19-5-3-4-15-26-19)29(28-23)20-8-12-22(32-2)13-9-20/h3-13,15,17H,14,16H2,1-2H3,(H,27,30). The van der Waals surface area contributed by atoms with Crippen molar-refractivity contribution in [2.24, 2.45) is 0 Å². The van der Waals surface area contributed by atoms with Gasteiger partial charge in [0.1, 0.15) is 17.2 Å². The molecule has 0 aliphatic rings. The first-order chi connectivity index (χ1) is 15.7. The minimum absolute atomic E-state index is 0.205. The van der Waals surface area contributed by atoms with Crippen LogP contribution >= 0.6 is 0 Å². The van der Waals surface area contributed by atoms with Gasteiger partial charge >= 0.3 is 0 Å². The predicted octanol–water partition coefficient (Wildman–Crippen LogP) is 3.92. The average molecular weight is 428 g/mol. The Kier molecular flexibility index (Phi) is 6.46. The number of rotatable bonds is 8. The lowest BCUT2D eigenvalue weighted by molar-refractivity contribution is 0.0946. The van der Waals surface area contributed by atoms with E-state index in [-0.39, 0.29) is 5.91 Å². The molecule has 0 aliphatic carbocycles. The Balaban J connectivity index is 1.61. The molecule has 0 saturated heterocycles. The molecule has 1 N–H and O–H groups in total. The summed E-state index contributed by atoms with van der Waals surface area (Å²) in [6.45, 7) is 0.474. The lowest BCUT2D eigenvalue weighted by atomic mass is 10.1. The monoisotopic (exact) mass is 428 g/mol. The first-order valence-corrected chi connectivity index (χ1v) is 10.2. The quantitative estimate of drug-likeness (QED) is 0.460. The van der Waals surface area contributed by atoms with Gasteiger partial charge in [0, 0.05) is 30.4 Å². The number of benzene rings is 2. The first kappa shape index (κ1) is 21.1. The van der Waals surface area contributed by atoms with Crippen LogP contribution in [0, 0.1) is 0 Å². The Morgan fingerprint density at radius 3 is 2.25 bits per heavy atom. The molecule has 0 aliphatic heterocycles. The molecule has 32 heavy (non-hydrogen) atoms. The van der Waals surface area contributed by atoms with E-state index in [9.17, 15) is 4.79 Å². The van der Waals surface area contributed by atoms with Crippen molar-refractivity contribution < 1.29 is 14.3 Å². The van der Waals surface area contributed by atoms with Crippen molar-refractivity contribution in [2.75, 3.05) is 20.8 Å². The maximum Gasteiger partial charge on any atom is 0.270 e. The van der Waals surface area contributed by atoms with E-state index in [0.717, 1.165) is 28.4 Å². The van der Waals surface area contributed by atoms with Gasteiger partial charge in [-0.3, -0.25) is 9.78 Å². The molecule has 2 heterocycles. The molecule has 7 nitrogen and oxygen atoms in total. The molecule has 4 aromatic rings. The van der Waals surface area contributed by atoms with E-state index >= 15 is 0 Å². The number of aromatic nitrogens is 3. The van der Waals surface area contributed by atoms with Crippen LogP contribution in [0.4, 0.5) is 0 Å². The largest absolute Gasteiger partial charge is 0.497 e. The molecule has 0 fully saturated rings. The normalized spacial score (nSPS) is 10.6. The molecule has 0 atom stereocenters. The van der Waals surface area contributed by atoms with Gasteiger partial charge in [0.25, 0.3) is 5.91 Å². The average Bonchev–Trinajstić information content (AvgIpc) is 3.30. The van der Waals surface area contributed by atoms with Crippen LogP contribution in [0.1, 0.15) is 16.2 Å². The molecule has 7 heteroatoms. The number of nitrogens with zero attached hydrogens (tertiary/aromatic N) is 3. The lowest BCUT2D eigenvalue weighted by Gasteiger charge is -2.09. The topological polar surface area (TPSA) is 78.3 Å². The van der Waals surface area contributed by atoms with Crippen LogP contribution in [0.2, 0.25) is 0 Å².